The fourth-order valence-corrected chi connectivity index (χ4v) is 6.00. The van der Waals surface area contributed by atoms with E-state index in [0.29, 0.717) is 36.2 Å². The molecule has 3 aliphatic carbocycles. The van der Waals surface area contributed by atoms with Crippen LogP contribution in [0.2, 0.25) is 0 Å². The first-order chi connectivity index (χ1) is 18.7. The van der Waals surface area contributed by atoms with Crippen LogP contribution < -0.4 is 0 Å². The standard InChI is InChI=1S/C33H42F3N3/c1-5-9-31(38-20-23(6-2)11-7-10-21(3)33(34,35)36)28-18-27(24-12-8-13-24)22(4)32-26(29(28)19-37)16-17-30(39-32)25-14-15-25/h6,9,16-17,20-22,24-25,27H,5,7-8,10-15,18H2,1-4H3/b23-6-,31-9-,38-20-. The fourth-order valence-electron chi connectivity index (χ4n) is 6.00. The Morgan fingerprint density at radius 2 is 1.97 bits per heavy atom. The highest BCUT2D eigenvalue weighted by molar-refractivity contribution is 5.86. The number of hydrogen-bond donors (Lipinski definition) is 0. The summed E-state index contributed by atoms with van der Waals surface area (Å²) < 4.78 is 38.8. The van der Waals surface area contributed by atoms with E-state index in [9.17, 15) is 18.4 Å². The van der Waals surface area contributed by atoms with Gasteiger partial charge in [0.25, 0.3) is 0 Å². The summed E-state index contributed by atoms with van der Waals surface area (Å²) in [5.74, 6) is 0.539. The molecule has 4 rings (SSSR count). The molecule has 1 aromatic rings. The summed E-state index contributed by atoms with van der Waals surface area (Å²) in [5, 5.41) is 10.5. The second-order valence-corrected chi connectivity index (χ2v) is 11.7. The van der Waals surface area contributed by atoms with Crippen LogP contribution in [0.15, 0.2) is 46.1 Å². The van der Waals surface area contributed by atoms with Crippen molar-refractivity contribution < 1.29 is 13.2 Å². The van der Waals surface area contributed by atoms with Crippen molar-refractivity contribution in [1.29, 1.82) is 5.26 Å². The van der Waals surface area contributed by atoms with E-state index in [4.69, 9.17) is 9.98 Å². The number of aromatic nitrogens is 1. The van der Waals surface area contributed by atoms with Crippen LogP contribution in [-0.2, 0) is 0 Å². The van der Waals surface area contributed by atoms with Crippen molar-refractivity contribution in [3.63, 3.8) is 0 Å². The van der Waals surface area contributed by atoms with Gasteiger partial charge in [0, 0.05) is 29.3 Å². The zero-order valence-electron chi connectivity index (χ0n) is 23.8. The minimum atomic E-state index is -4.15. The molecule has 210 valence electrons. The Balaban J connectivity index is 1.66. The number of pyridine rings is 1. The van der Waals surface area contributed by atoms with Crippen molar-refractivity contribution >= 4 is 11.8 Å². The highest BCUT2D eigenvalue weighted by Gasteiger charge is 2.39. The van der Waals surface area contributed by atoms with Crippen LogP contribution in [0, 0.1) is 29.1 Å². The van der Waals surface area contributed by atoms with Gasteiger partial charge in [0.05, 0.1) is 22.9 Å². The fraction of sp³-hybridized carbons (Fsp3) is 0.606. The third-order valence-corrected chi connectivity index (χ3v) is 9.00. The first-order valence-electron chi connectivity index (χ1n) is 14.8. The quantitative estimate of drug-likeness (QED) is 0.279. The molecule has 0 aromatic carbocycles. The predicted molar refractivity (Wildman–Crippen MR) is 152 cm³/mol. The Kier molecular flexibility index (Phi) is 9.51. The second kappa shape index (κ2) is 12.7. The van der Waals surface area contributed by atoms with Gasteiger partial charge in [-0.15, -0.1) is 0 Å². The average Bonchev–Trinajstić information content (AvgIpc) is 3.73. The monoisotopic (exact) mass is 537 g/mol. The van der Waals surface area contributed by atoms with Crippen LogP contribution in [0.1, 0.15) is 121 Å². The summed E-state index contributed by atoms with van der Waals surface area (Å²) in [6, 6.07) is 6.75. The van der Waals surface area contributed by atoms with Crippen molar-refractivity contribution in [2.75, 3.05) is 0 Å². The van der Waals surface area contributed by atoms with E-state index < -0.39 is 12.1 Å². The van der Waals surface area contributed by atoms with Crippen LogP contribution in [0.4, 0.5) is 13.2 Å². The minimum absolute atomic E-state index is 0.101. The van der Waals surface area contributed by atoms with Crippen LogP contribution >= 0.6 is 0 Å². The highest BCUT2D eigenvalue weighted by Crippen LogP contribution is 2.50. The largest absolute Gasteiger partial charge is 0.391 e. The Labute approximate surface area is 232 Å². The van der Waals surface area contributed by atoms with E-state index in [-0.39, 0.29) is 12.3 Å². The molecular weight excluding hydrogens is 495 g/mol. The highest BCUT2D eigenvalue weighted by atomic mass is 19.4. The molecule has 1 aromatic heterocycles. The minimum Gasteiger partial charge on any atom is -0.257 e. The normalized spacial score (nSPS) is 23.8. The number of rotatable bonds is 10. The van der Waals surface area contributed by atoms with E-state index in [1.54, 1.807) is 6.21 Å². The molecule has 3 unspecified atom stereocenters. The Morgan fingerprint density at radius 1 is 1.23 bits per heavy atom. The number of fused-ring (bicyclic) bond motifs is 1. The molecule has 0 N–H and O–H groups in total. The van der Waals surface area contributed by atoms with Crippen molar-refractivity contribution in [3.8, 4) is 6.07 Å². The van der Waals surface area contributed by atoms with Gasteiger partial charge in [-0.3, -0.25) is 9.98 Å². The van der Waals surface area contributed by atoms with Crippen LogP contribution in [-0.4, -0.2) is 17.4 Å². The third kappa shape index (κ3) is 6.91. The van der Waals surface area contributed by atoms with E-state index in [1.807, 2.05) is 13.0 Å². The molecule has 6 heteroatoms. The average molecular weight is 538 g/mol. The van der Waals surface area contributed by atoms with Gasteiger partial charge in [-0.1, -0.05) is 52.2 Å². The Morgan fingerprint density at radius 3 is 2.54 bits per heavy atom. The summed E-state index contributed by atoms with van der Waals surface area (Å²) in [4.78, 5) is 10.1. The number of halogens is 3. The second-order valence-electron chi connectivity index (χ2n) is 11.7. The molecule has 0 radical (unpaired) electrons. The lowest BCUT2D eigenvalue weighted by molar-refractivity contribution is -0.171. The number of alkyl halides is 3. The third-order valence-electron chi connectivity index (χ3n) is 9.00. The molecule has 3 atom stereocenters. The molecular formula is C33H42F3N3. The van der Waals surface area contributed by atoms with Crippen molar-refractivity contribution in [2.24, 2.45) is 22.7 Å². The molecule has 0 aliphatic heterocycles. The molecule has 2 fully saturated rings. The van der Waals surface area contributed by atoms with Crippen molar-refractivity contribution in [1.82, 2.24) is 4.98 Å². The lowest BCUT2D eigenvalue weighted by Gasteiger charge is -2.37. The molecule has 2 saturated carbocycles. The summed E-state index contributed by atoms with van der Waals surface area (Å²) in [7, 11) is 0. The lowest BCUT2D eigenvalue weighted by atomic mass is 9.68. The number of hydrogen-bond acceptors (Lipinski definition) is 3. The molecule has 1 heterocycles. The van der Waals surface area contributed by atoms with E-state index >= 15 is 0 Å². The smallest absolute Gasteiger partial charge is 0.257 e. The first-order valence-corrected chi connectivity index (χ1v) is 14.8. The zero-order valence-corrected chi connectivity index (χ0v) is 23.8. The number of allylic oxidation sites excluding steroid dienone is 5. The summed E-state index contributed by atoms with van der Waals surface area (Å²) in [6.07, 6.45) is 10.4. The van der Waals surface area contributed by atoms with Gasteiger partial charge >= 0.3 is 6.18 Å². The summed E-state index contributed by atoms with van der Waals surface area (Å²) in [5.41, 5.74) is 6.55. The van der Waals surface area contributed by atoms with Gasteiger partial charge in [-0.05, 0) is 87.0 Å². The summed E-state index contributed by atoms with van der Waals surface area (Å²) in [6.45, 7) is 7.50. The maximum absolute atomic E-state index is 12.9. The van der Waals surface area contributed by atoms with E-state index in [1.165, 1.54) is 39.0 Å². The molecule has 3 aliphatic rings. The number of nitrogens with zero attached hydrogens (tertiary/aromatic N) is 3. The molecule has 3 nitrogen and oxygen atoms in total. The van der Waals surface area contributed by atoms with Gasteiger partial charge in [0.1, 0.15) is 6.07 Å². The van der Waals surface area contributed by atoms with Gasteiger partial charge in [-0.2, -0.15) is 18.4 Å². The SMILES string of the molecule is C\C=C(/C=N\C(=C/CC)C1=C(C#N)c2ccc(C3CC3)nc2C(C)C(C2CCC2)C1)CCCC(C)C(F)(F)F. The van der Waals surface area contributed by atoms with E-state index in [2.05, 4.69) is 38.1 Å². The van der Waals surface area contributed by atoms with Crippen molar-refractivity contribution in [2.45, 2.75) is 110 Å². The molecule has 0 spiro atoms. The van der Waals surface area contributed by atoms with Crippen molar-refractivity contribution in [3.05, 3.63) is 58.1 Å². The van der Waals surface area contributed by atoms with Gasteiger partial charge in [0.15, 0.2) is 0 Å². The maximum atomic E-state index is 12.9. The topological polar surface area (TPSA) is 49.0 Å². The van der Waals surface area contributed by atoms with Crippen LogP contribution in [0.25, 0.3) is 5.57 Å². The van der Waals surface area contributed by atoms with Gasteiger partial charge in [-0.25, -0.2) is 0 Å². The van der Waals surface area contributed by atoms with Gasteiger partial charge in [0.2, 0.25) is 0 Å². The van der Waals surface area contributed by atoms with E-state index in [0.717, 1.165) is 46.6 Å². The molecule has 39 heavy (non-hydrogen) atoms. The zero-order chi connectivity index (χ0) is 28.2. The predicted octanol–water partition coefficient (Wildman–Crippen LogP) is 9.84. The Bertz CT molecular complexity index is 1190. The molecule has 0 saturated heterocycles. The van der Waals surface area contributed by atoms with Crippen LogP contribution in [0.3, 0.4) is 0 Å². The van der Waals surface area contributed by atoms with Gasteiger partial charge < -0.3 is 0 Å². The molecule has 0 bridgehead atoms. The Hall–Kier alpha value is -2.68. The summed E-state index contributed by atoms with van der Waals surface area (Å²) >= 11 is 0. The van der Waals surface area contributed by atoms with Crippen LogP contribution in [0.5, 0.6) is 0 Å². The maximum Gasteiger partial charge on any atom is 0.391 e. The lowest BCUT2D eigenvalue weighted by Crippen LogP contribution is -2.27. The number of nitriles is 1. The molecule has 0 amide bonds. The number of aliphatic imine (C=N–C) groups is 1. The first kappa shape index (κ1) is 29.3.